The van der Waals surface area contributed by atoms with Crippen LogP contribution in [0.3, 0.4) is 0 Å². The Hall–Kier alpha value is -1.68. The molecule has 0 aliphatic heterocycles. The van der Waals surface area contributed by atoms with Gasteiger partial charge in [0.1, 0.15) is 12.2 Å². The lowest BCUT2D eigenvalue weighted by molar-refractivity contribution is 0.716. The van der Waals surface area contributed by atoms with Crippen molar-refractivity contribution in [2.45, 2.75) is 13.0 Å². The highest BCUT2D eigenvalue weighted by molar-refractivity contribution is 5.24. The molecule has 15 heavy (non-hydrogen) atoms. The second-order valence-corrected chi connectivity index (χ2v) is 3.50. The monoisotopic (exact) mass is 202 g/mol. The third kappa shape index (κ3) is 2.22. The van der Waals surface area contributed by atoms with Gasteiger partial charge in [-0.3, -0.25) is 4.68 Å². The Morgan fingerprint density at radius 3 is 2.40 bits per heavy atom. The standard InChI is InChI=1S/C11H14N4/c1-15-11(13-8-14-15)6-9-2-4-10(7-12)5-3-9/h2-5,8H,6-7,12H2,1H3. The first-order valence-electron chi connectivity index (χ1n) is 4.90. The predicted molar refractivity (Wildman–Crippen MR) is 58.1 cm³/mol. The molecule has 2 rings (SSSR count). The molecular formula is C11H14N4. The molecule has 0 atom stereocenters. The van der Waals surface area contributed by atoms with Crippen molar-refractivity contribution in [2.24, 2.45) is 12.8 Å². The van der Waals surface area contributed by atoms with Gasteiger partial charge < -0.3 is 5.73 Å². The Morgan fingerprint density at radius 1 is 1.20 bits per heavy atom. The SMILES string of the molecule is Cn1ncnc1Cc1ccc(CN)cc1. The van der Waals surface area contributed by atoms with Gasteiger partial charge in [-0.1, -0.05) is 24.3 Å². The lowest BCUT2D eigenvalue weighted by atomic mass is 10.1. The highest BCUT2D eigenvalue weighted by atomic mass is 15.3. The summed E-state index contributed by atoms with van der Waals surface area (Å²) in [4.78, 5) is 4.18. The van der Waals surface area contributed by atoms with Crippen LogP contribution in [0.2, 0.25) is 0 Å². The summed E-state index contributed by atoms with van der Waals surface area (Å²) in [7, 11) is 1.90. The smallest absolute Gasteiger partial charge is 0.138 e. The van der Waals surface area contributed by atoms with Crippen molar-refractivity contribution in [1.82, 2.24) is 14.8 Å². The van der Waals surface area contributed by atoms with Gasteiger partial charge in [0, 0.05) is 20.0 Å². The van der Waals surface area contributed by atoms with E-state index in [1.807, 2.05) is 19.2 Å². The molecule has 1 aromatic carbocycles. The molecule has 0 spiro atoms. The second kappa shape index (κ2) is 4.23. The largest absolute Gasteiger partial charge is 0.326 e. The Labute approximate surface area is 88.8 Å². The minimum absolute atomic E-state index is 0.588. The molecule has 1 heterocycles. The van der Waals surface area contributed by atoms with E-state index in [0.717, 1.165) is 17.8 Å². The highest BCUT2D eigenvalue weighted by Crippen LogP contribution is 2.08. The van der Waals surface area contributed by atoms with Crippen molar-refractivity contribution in [3.8, 4) is 0 Å². The van der Waals surface area contributed by atoms with Gasteiger partial charge in [-0.25, -0.2) is 4.98 Å². The summed E-state index contributed by atoms with van der Waals surface area (Å²) in [5.41, 5.74) is 7.91. The van der Waals surface area contributed by atoms with Crippen molar-refractivity contribution in [3.05, 3.63) is 47.5 Å². The molecule has 4 heteroatoms. The zero-order valence-corrected chi connectivity index (χ0v) is 8.72. The molecule has 0 bridgehead atoms. The number of nitrogens with two attached hydrogens (primary N) is 1. The van der Waals surface area contributed by atoms with E-state index in [-0.39, 0.29) is 0 Å². The zero-order valence-electron chi connectivity index (χ0n) is 8.72. The number of aromatic nitrogens is 3. The molecule has 2 aromatic rings. The van der Waals surface area contributed by atoms with Crippen molar-refractivity contribution < 1.29 is 0 Å². The lowest BCUT2D eigenvalue weighted by Gasteiger charge is -2.02. The van der Waals surface area contributed by atoms with Crippen LogP contribution in [-0.2, 0) is 20.0 Å². The fourth-order valence-electron chi connectivity index (χ4n) is 1.46. The molecule has 0 unspecified atom stereocenters. The van der Waals surface area contributed by atoms with Crippen LogP contribution in [0.25, 0.3) is 0 Å². The van der Waals surface area contributed by atoms with Gasteiger partial charge in [0.2, 0.25) is 0 Å². The number of nitrogens with zero attached hydrogens (tertiary/aromatic N) is 3. The molecule has 0 amide bonds. The maximum absolute atomic E-state index is 5.53. The first-order chi connectivity index (χ1) is 7.29. The molecule has 0 radical (unpaired) electrons. The normalized spacial score (nSPS) is 10.5. The van der Waals surface area contributed by atoms with Crippen LogP contribution in [0.15, 0.2) is 30.6 Å². The third-order valence-corrected chi connectivity index (χ3v) is 2.43. The van der Waals surface area contributed by atoms with E-state index in [9.17, 15) is 0 Å². The van der Waals surface area contributed by atoms with Gasteiger partial charge in [-0.15, -0.1) is 0 Å². The van der Waals surface area contributed by atoms with Crippen molar-refractivity contribution in [2.75, 3.05) is 0 Å². The Kier molecular flexibility index (Phi) is 2.78. The maximum Gasteiger partial charge on any atom is 0.138 e. The number of benzene rings is 1. The predicted octanol–water partition coefficient (Wildman–Crippen LogP) is 0.865. The van der Waals surface area contributed by atoms with Crippen molar-refractivity contribution in [3.63, 3.8) is 0 Å². The molecule has 0 saturated heterocycles. The van der Waals surface area contributed by atoms with Crippen LogP contribution in [0.5, 0.6) is 0 Å². The second-order valence-electron chi connectivity index (χ2n) is 3.50. The zero-order chi connectivity index (χ0) is 10.7. The molecule has 0 saturated carbocycles. The summed E-state index contributed by atoms with van der Waals surface area (Å²) in [5, 5.41) is 4.03. The number of hydrogen-bond acceptors (Lipinski definition) is 3. The topological polar surface area (TPSA) is 56.7 Å². The molecule has 4 nitrogen and oxygen atoms in total. The number of rotatable bonds is 3. The van der Waals surface area contributed by atoms with Crippen LogP contribution in [0.4, 0.5) is 0 Å². The number of aryl methyl sites for hydroxylation is 1. The van der Waals surface area contributed by atoms with Crippen LogP contribution >= 0.6 is 0 Å². The summed E-state index contributed by atoms with van der Waals surface area (Å²) in [6.07, 6.45) is 2.38. The van der Waals surface area contributed by atoms with Gasteiger partial charge in [-0.05, 0) is 11.1 Å². The summed E-state index contributed by atoms with van der Waals surface area (Å²) in [5.74, 6) is 0.968. The first-order valence-corrected chi connectivity index (χ1v) is 4.90. The van der Waals surface area contributed by atoms with E-state index in [1.165, 1.54) is 5.56 Å². The van der Waals surface area contributed by atoms with Gasteiger partial charge in [0.05, 0.1) is 0 Å². The highest BCUT2D eigenvalue weighted by Gasteiger charge is 2.01. The van der Waals surface area contributed by atoms with E-state index < -0.39 is 0 Å². The first kappa shape index (κ1) is 9.86. The quantitative estimate of drug-likeness (QED) is 0.803. The van der Waals surface area contributed by atoms with E-state index in [2.05, 4.69) is 22.2 Å². The minimum atomic E-state index is 0.588. The minimum Gasteiger partial charge on any atom is -0.326 e. The third-order valence-electron chi connectivity index (χ3n) is 2.43. The van der Waals surface area contributed by atoms with Crippen LogP contribution in [0.1, 0.15) is 17.0 Å². The van der Waals surface area contributed by atoms with Crippen molar-refractivity contribution in [1.29, 1.82) is 0 Å². The fraction of sp³-hybridized carbons (Fsp3) is 0.273. The maximum atomic E-state index is 5.53. The van der Waals surface area contributed by atoms with E-state index in [0.29, 0.717) is 6.54 Å². The molecule has 2 N–H and O–H groups in total. The molecule has 0 fully saturated rings. The Morgan fingerprint density at radius 2 is 1.87 bits per heavy atom. The van der Waals surface area contributed by atoms with E-state index >= 15 is 0 Å². The van der Waals surface area contributed by atoms with Crippen LogP contribution in [-0.4, -0.2) is 14.8 Å². The Balaban J connectivity index is 2.14. The van der Waals surface area contributed by atoms with E-state index in [1.54, 1.807) is 11.0 Å². The molecule has 1 aromatic heterocycles. The summed E-state index contributed by atoms with van der Waals surface area (Å²) < 4.78 is 1.79. The van der Waals surface area contributed by atoms with Crippen LogP contribution < -0.4 is 5.73 Å². The Bertz CT molecular complexity index is 430. The number of hydrogen-bond donors (Lipinski definition) is 1. The van der Waals surface area contributed by atoms with Crippen LogP contribution in [0, 0.1) is 0 Å². The van der Waals surface area contributed by atoms with Gasteiger partial charge in [-0.2, -0.15) is 5.10 Å². The summed E-state index contributed by atoms with van der Waals surface area (Å²) >= 11 is 0. The summed E-state index contributed by atoms with van der Waals surface area (Å²) in [6.45, 7) is 0.588. The molecule has 78 valence electrons. The molecular weight excluding hydrogens is 188 g/mol. The summed E-state index contributed by atoms with van der Waals surface area (Å²) in [6, 6.07) is 8.26. The van der Waals surface area contributed by atoms with Gasteiger partial charge in [0.25, 0.3) is 0 Å². The average Bonchev–Trinajstić information content (AvgIpc) is 2.66. The molecule has 0 aliphatic carbocycles. The van der Waals surface area contributed by atoms with Crippen molar-refractivity contribution >= 4 is 0 Å². The molecule has 0 aliphatic rings. The lowest BCUT2D eigenvalue weighted by Crippen LogP contribution is -2.01. The van der Waals surface area contributed by atoms with Gasteiger partial charge >= 0.3 is 0 Å². The fourth-order valence-corrected chi connectivity index (χ4v) is 1.46. The average molecular weight is 202 g/mol. The van der Waals surface area contributed by atoms with E-state index in [4.69, 9.17) is 5.73 Å². The van der Waals surface area contributed by atoms with Gasteiger partial charge in [0.15, 0.2) is 0 Å².